The Morgan fingerprint density at radius 3 is 2.79 bits per heavy atom. The van der Waals surface area contributed by atoms with Gasteiger partial charge in [0.05, 0.1) is 28.5 Å². The molecule has 1 aliphatic heterocycles. The zero-order valence-electron chi connectivity index (χ0n) is 16.9. The lowest BCUT2D eigenvalue weighted by Crippen LogP contribution is -2.27. The standard InChI is InChI=1S/C23H24ClN5/c1-14-5-6-20(29-9-4-8-25-29)21(11-14)28-10-7-15(2)22(28)23-26-18-12-16(3)17(24)13-19(18)27-23/h4-6,8-9,11-13,15,22H,7,10H2,1-3H3,(H,26,27)/t15-,22-/m0/s1. The number of imidazole rings is 1. The second-order valence-corrected chi connectivity index (χ2v) is 8.49. The average molecular weight is 406 g/mol. The first-order valence-electron chi connectivity index (χ1n) is 10.0. The highest BCUT2D eigenvalue weighted by Crippen LogP contribution is 2.42. The summed E-state index contributed by atoms with van der Waals surface area (Å²) in [6.07, 6.45) is 4.93. The number of aromatic nitrogens is 4. The Hall–Kier alpha value is -2.79. The van der Waals surface area contributed by atoms with E-state index in [2.05, 4.69) is 53.1 Å². The summed E-state index contributed by atoms with van der Waals surface area (Å²) in [6, 6.07) is 12.7. The number of anilines is 1. The Balaban J connectivity index is 1.62. The van der Waals surface area contributed by atoms with Crippen LogP contribution in [0.3, 0.4) is 0 Å². The van der Waals surface area contributed by atoms with Crippen molar-refractivity contribution in [3.63, 3.8) is 0 Å². The number of hydrogen-bond acceptors (Lipinski definition) is 3. The van der Waals surface area contributed by atoms with Gasteiger partial charge in [-0.15, -0.1) is 0 Å². The van der Waals surface area contributed by atoms with Gasteiger partial charge in [0.25, 0.3) is 0 Å². The van der Waals surface area contributed by atoms with Crippen LogP contribution in [0.5, 0.6) is 0 Å². The molecule has 0 unspecified atom stereocenters. The molecule has 29 heavy (non-hydrogen) atoms. The van der Waals surface area contributed by atoms with Crippen LogP contribution in [0.15, 0.2) is 48.8 Å². The van der Waals surface area contributed by atoms with Gasteiger partial charge in [0.1, 0.15) is 5.82 Å². The van der Waals surface area contributed by atoms with Crippen LogP contribution in [0.1, 0.15) is 36.3 Å². The molecular weight excluding hydrogens is 382 g/mol. The van der Waals surface area contributed by atoms with E-state index in [0.717, 1.165) is 46.1 Å². The molecule has 1 aliphatic rings. The van der Waals surface area contributed by atoms with E-state index in [-0.39, 0.29) is 6.04 Å². The minimum absolute atomic E-state index is 0.178. The Morgan fingerprint density at radius 1 is 1.14 bits per heavy atom. The van der Waals surface area contributed by atoms with Gasteiger partial charge in [-0.2, -0.15) is 5.10 Å². The molecule has 0 bridgehead atoms. The summed E-state index contributed by atoms with van der Waals surface area (Å²) in [7, 11) is 0. The van der Waals surface area contributed by atoms with Gasteiger partial charge in [-0.05, 0) is 67.6 Å². The highest BCUT2D eigenvalue weighted by atomic mass is 35.5. The largest absolute Gasteiger partial charge is 0.359 e. The summed E-state index contributed by atoms with van der Waals surface area (Å²) >= 11 is 6.33. The van der Waals surface area contributed by atoms with Gasteiger partial charge in [0.15, 0.2) is 0 Å². The van der Waals surface area contributed by atoms with Crippen LogP contribution in [-0.4, -0.2) is 26.3 Å². The molecule has 148 valence electrons. The topological polar surface area (TPSA) is 49.7 Å². The van der Waals surface area contributed by atoms with Crippen molar-refractivity contribution in [3.05, 3.63) is 70.8 Å². The number of fused-ring (bicyclic) bond motifs is 1. The number of halogens is 1. The third-order valence-corrected chi connectivity index (χ3v) is 6.36. The monoisotopic (exact) mass is 405 g/mol. The van der Waals surface area contributed by atoms with Crippen LogP contribution < -0.4 is 4.90 Å². The number of H-pyrrole nitrogens is 1. The summed E-state index contributed by atoms with van der Waals surface area (Å²) in [4.78, 5) is 11.0. The molecule has 2 aromatic heterocycles. The van der Waals surface area contributed by atoms with Crippen molar-refractivity contribution in [2.24, 2.45) is 5.92 Å². The summed E-state index contributed by atoms with van der Waals surface area (Å²) < 4.78 is 1.94. The van der Waals surface area contributed by atoms with Crippen molar-refractivity contribution in [1.82, 2.24) is 19.7 Å². The number of rotatable bonds is 3. The van der Waals surface area contributed by atoms with E-state index in [1.54, 1.807) is 0 Å². The molecule has 2 aromatic carbocycles. The maximum absolute atomic E-state index is 6.33. The summed E-state index contributed by atoms with van der Waals surface area (Å²) in [5.41, 5.74) is 6.54. The Kier molecular flexibility index (Phi) is 4.36. The molecule has 5 rings (SSSR count). The zero-order chi connectivity index (χ0) is 20.1. The third-order valence-electron chi connectivity index (χ3n) is 5.95. The minimum atomic E-state index is 0.178. The molecule has 6 heteroatoms. The van der Waals surface area contributed by atoms with E-state index in [0.29, 0.717) is 5.92 Å². The number of benzene rings is 2. The SMILES string of the molecule is Cc1ccc(-n2cccn2)c(N2CC[C@H](C)[C@H]2c2nc3cc(Cl)c(C)cc3[nH]2)c1. The summed E-state index contributed by atoms with van der Waals surface area (Å²) in [6.45, 7) is 7.45. The predicted octanol–water partition coefficient (Wildman–Crippen LogP) is 5.61. The predicted molar refractivity (Wildman–Crippen MR) is 118 cm³/mol. The molecule has 0 aliphatic carbocycles. The zero-order valence-corrected chi connectivity index (χ0v) is 17.6. The van der Waals surface area contributed by atoms with Gasteiger partial charge in [-0.1, -0.05) is 24.6 Å². The number of aromatic amines is 1. The first-order chi connectivity index (χ1) is 14.0. The van der Waals surface area contributed by atoms with Crippen molar-refractivity contribution in [2.75, 3.05) is 11.4 Å². The van der Waals surface area contributed by atoms with Crippen LogP contribution in [0.25, 0.3) is 16.7 Å². The van der Waals surface area contributed by atoms with E-state index in [1.807, 2.05) is 36.1 Å². The van der Waals surface area contributed by atoms with Crippen LogP contribution in [0, 0.1) is 19.8 Å². The second kappa shape index (κ2) is 6.92. The number of nitrogens with zero attached hydrogens (tertiary/aromatic N) is 4. The van der Waals surface area contributed by atoms with Crippen LogP contribution in [0.4, 0.5) is 5.69 Å². The van der Waals surface area contributed by atoms with Crippen molar-refractivity contribution in [1.29, 1.82) is 0 Å². The molecule has 1 fully saturated rings. The van der Waals surface area contributed by atoms with E-state index in [4.69, 9.17) is 16.6 Å². The lowest BCUT2D eigenvalue weighted by Gasteiger charge is -2.29. The fourth-order valence-corrected chi connectivity index (χ4v) is 4.56. The van der Waals surface area contributed by atoms with E-state index in [1.165, 1.54) is 11.3 Å². The molecule has 0 saturated carbocycles. The normalized spacial score (nSPS) is 19.4. The van der Waals surface area contributed by atoms with Crippen molar-refractivity contribution < 1.29 is 0 Å². The van der Waals surface area contributed by atoms with Gasteiger partial charge >= 0.3 is 0 Å². The van der Waals surface area contributed by atoms with Gasteiger partial charge in [0.2, 0.25) is 0 Å². The maximum Gasteiger partial charge on any atom is 0.130 e. The third kappa shape index (κ3) is 3.10. The summed E-state index contributed by atoms with van der Waals surface area (Å²) in [5, 5.41) is 5.23. The van der Waals surface area contributed by atoms with Gasteiger partial charge in [-0.3, -0.25) is 0 Å². The molecule has 4 aromatic rings. The minimum Gasteiger partial charge on any atom is -0.359 e. The molecule has 0 radical (unpaired) electrons. The van der Waals surface area contributed by atoms with Crippen LogP contribution >= 0.6 is 11.6 Å². The van der Waals surface area contributed by atoms with Crippen LogP contribution in [-0.2, 0) is 0 Å². The Labute approximate surface area is 175 Å². The Morgan fingerprint density at radius 2 is 2.00 bits per heavy atom. The van der Waals surface area contributed by atoms with Gasteiger partial charge < -0.3 is 9.88 Å². The fourth-order valence-electron chi connectivity index (χ4n) is 4.40. The number of aryl methyl sites for hydroxylation is 2. The average Bonchev–Trinajstić information content (AvgIpc) is 3.42. The molecular formula is C23H24ClN5. The molecule has 3 heterocycles. The molecule has 1 saturated heterocycles. The first-order valence-corrected chi connectivity index (χ1v) is 10.4. The highest BCUT2D eigenvalue weighted by Gasteiger charge is 2.36. The van der Waals surface area contributed by atoms with E-state index < -0.39 is 0 Å². The molecule has 5 nitrogen and oxygen atoms in total. The molecule has 0 spiro atoms. The quantitative estimate of drug-likeness (QED) is 0.482. The van der Waals surface area contributed by atoms with Crippen LogP contribution in [0.2, 0.25) is 5.02 Å². The number of hydrogen-bond donors (Lipinski definition) is 1. The van der Waals surface area contributed by atoms with Gasteiger partial charge in [-0.25, -0.2) is 9.67 Å². The smallest absolute Gasteiger partial charge is 0.130 e. The van der Waals surface area contributed by atoms with Crippen molar-refractivity contribution in [2.45, 2.75) is 33.2 Å². The molecule has 1 N–H and O–H groups in total. The second-order valence-electron chi connectivity index (χ2n) is 8.09. The highest BCUT2D eigenvalue weighted by molar-refractivity contribution is 6.32. The first kappa shape index (κ1) is 18.3. The molecule has 0 amide bonds. The maximum atomic E-state index is 6.33. The van der Waals surface area contributed by atoms with Gasteiger partial charge in [0, 0.05) is 24.0 Å². The summed E-state index contributed by atoms with van der Waals surface area (Å²) in [5.74, 6) is 1.48. The number of nitrogens with one attached hydrogen (secondary N) is 1. The lowest BCUT2D eigenvalue weighted by atomic mass is 10.0. The van der Waals surface area contributed by atoms with Crippen molar-refractivity contribution >= 4 is 28.3 Å². The van der Waals surface area contributed by atoms with Crippen molar-refractivity contribution in [3.8, 4) is 5.69 Å². The Bertz CT molecular complexity index is 1140. The van der Waals surface area contributed by atoms with E-state index >= 15 is 0 Å². The lowest BCUT2D eigenvalue weighted by molar-refractivity contribution is 0.513. The van der Waals surface area contributed by atoms with E-state index in [9.17, 15) is 0 Å². The fraction of sp³-hybridized carbons (Fsp3) is 0.304. The molecule has 2 atom stereocenters.